The molecule has 0 aromatic heterocycles. The first-order valence-electron chi connectivity index (χ1n) is 6.72. The van der Waals surface area contributed by atoms with Gasteiger partial charge in [0, 0.05) is 25.9 Å². The summed E-state index contributed by atoms with van der Waals surface area (Å²) in [4.78, 5) is 35.6. The van der Waals surface area contributed by atoms with Crippen molar-refractivity contribution >= 4 is 17.8 Å². The highest BCUT2D eigenvalue weighted by Gasteiger charge is 2.17. The molecule has 6 nitrogen and oxygen atoms in total. The lowest BCUT2D eigenvalue weighted by molar-refractivity contribution is -0.141. The number of carboxylic acid groups (broad SMARTS) is 1. The summed E-state index contributed by atoms with van der Waals surface area (Å²) in [5, 5.41) is 11.0. The monoisotopic (exact) mass is 272 g/mol. The standard InChI is InChI=1S/C13H24N2O4/c1-4-8-15(9-5-2)12(17)7-6-11(16)14-10(3)13(18)19/h10H,4-9H2,1-3H3,(H,14,16)(H,18,19)/t10-/m1/s1. The largest absolute Gasteiger partial charge is 0.480 e. The number of nitrogens with zero attached hydrogens (tertiary/aromatic N) is 1. The summed E-state index contributed by atoms with van der Waals surface area (Å²) in [6, 6.07) is -0.926. The Morgan fingerprint density at radius 3 is 2.05 bits per heavy atom. The smallest absolute Gasteiger partial charge is 0.325 e. The highest BCUT2D eigenvalue weighted by molar-refractivity contribution is 5.86. The van der Waals surface area contributed by atoms with Crippen LogP contribution < -0.4 is 5.32 Å². The van der Waals surface area contributed by atoms with Crippen LogP contribution in [0.3, 0.4) is 0 Å². The molecule has 0 heterocycles. The Labute approximate surface area is 114 Å². The highest BCUT2D eigenvalue weighted by atomic mass is 16.4. The quantitative estimate of drug-likeness (QED) is 0.655. The molecule has 0 aromatic rings. The number of carbonyl (C=O) groups excluding carboxylic acids is 2. The van der Waals surface area contributed by atoms with Gasteiger partial charge in [-0.15, -0.1) is 0 Å². The zero-order chi connectivity index (χ0) is 14.8. The van der Waals surface area contributed by atoms with Gasteiger partial charge < -0.3 is 15.3 Å². The average molecular weight is 272 g/mol. The Morgan fingerprint density at radius 1 is 1.11 bits per heavy atom. The van der Waals surface area contributed by atoms with Crippen molar-refractivity contribution < 1.29 is 19.5 Å². The van der Waals surface area contributed by atoms with Gasteiger partial charge in [-0.1, -0.05) is 13.8 Å². The van der Waals surface area contributed by atoms with Crippen LogP contribution in [0.15, 0.2) is 0 Å². The Hall–Kier alpha value is -1.59. The van der Waals surface area contributed by atoms with Gasteiger partial charge in [-0.25, -0.2) is 0 Å². The molecule has 0 aromatic carbocycles. The Kier molecular flexibility index (Phi) is 8.57. The van der Waals surface area contributed by atoms with Crippen LogP contribution in [0.4, 0.5) is 0 Å². The second kappa shape index (κ2) is 9.35. The highest BCUT2D eigenvalue weighted by Crippen LogP contribution is 2.01. The fraction of sp³-hybridized carbons (Fsp3) is 0.769. The fourth-order valence-corrected chi connectivity index (χ4v) is 1.66. The Bertz CT molecular complexity index is 312. The first-order valence-corrected chi connectivity index (χ1v) is 6.72. The average Bonchev–Trinajstić information content (AvgIpc) is 2.35. The van der Waals surface area contributed by atoms with E-state index in [9.17, 15) is 14.4 Å². The number of carbonyl (C=O) groups is 3. The van der Waals surface area contributed by atoms with E-state index >= 15 is 0 Å². The number of aliphatic carboxylic acids is 1. The molecule has 0 fully saturated rings. The molecule has 6 heteroatoms. The molecule has 19 heavy (non-hydrogen) atoms. The SMILES string of the molecule is CCCN(CCC)C(=O)CCC(=O)N[C@H](C)C(=O)O. The third-order valence-electron chi connectivity index (χ3n) is 2.65. The summed E-state index contributed by atoms with van der Waals surface area (Å²) in [6.45, 7) is 6.77. The van der Waals surface area contributed by atoms with Crippen LogP contribution >= 0.6 is 0 Å². The first kappa shape index (κ1) is 17.4. The van der Waals surface area contributed by atoms with Crippen molar-refractivity contribution in [1.82, 2.24) is 10.2 Å². The van der Waals surface area contributed by atoms with Crippen molar-refractivity contribution in [2.45, 2.75) is 52.5 Å². The van der Waals surface area contributed by atoms with E-state index in [2.05, 4.69) is 5.32 Å². The number of carboxylic acids is 1. The lowest BCUT2D eigenvalue weighted by atomic mass is 10.2. The molecule has 0 unspecified atom stereocenters. The minimum absolute atomic E-state index is 0.0282. The van der Waals surface area contributed by atoms with E-state index in [0.29, 0.717) is 13.1 Å². The van der Waals surface area contributed by atoms with Crippen LogP contribution in [-0.2, 0) is 14.4 Å². The number of hydrogen-bond acceptors (Lipinski definition) is 3. The van der Waals surface area contributed by atoms with Gasteiger partial charge in [0.05, 0.1) is 0 Å². The maximum atomic E-state index is 11.9. The number of nitrogens with one attached hydrogen (secondary N) is 1. The van der Waals surface area contributed by atoms with Crippen LogP contribution in [-0.4, -0.2) is 46.9 Å². The van der Waals surface area contributed by atoms with E-state index in [-0.39, 0.29) is 18.7 Å². The molecule has 1 atom stereocenters. The van der Waals surface area contributed by atoms with Crippen molar-refractivity contribution in [1.29, 1.82) is 0 Å². The van der Waals surface area contributed by atoms with Crippen molar-refractivity contribution in [3.05, 3.63) is 0 Å². The number of hydrogen-bond donors (Lipinski definition) is 2. The van der Waals surface area contributed by atoms with Crippen LogP contribution in [0.25, 0.3) is 0 Å². The molecule has 0 saturated heterocycles. The predicted octanol–water partition coefficient (Wildman–Crippen LogP) is 1.00. The van der Waals surface area contributed by atoms with E-state index in [0.717, 1.165) is 12.8 Å². The van der Waals surface area contributed by atoms with Crippen molar-refractivity contribution in [2.75, 3.05) is 13.1 Å². The molecule has 2 N–H and O–H groups in total. The molecule has 0 aliphatic heterocycles. The van der Waals surface area contributed by atoms with E-state index in [1.807, 2.05) is 13.8 Å². The second-order valence-electron chi connectivity index (χ2n) is 4.51. The molecule has 0 aliphatic carbocycles. The molecule has 0 spiro atoms. The summed E-state index contributed by atoms with van der Waals surface area (Å²) < 4.78 is 0. The van der Waals surface area contributed by atoms with Gasteiger partial charge >= 0.3 is 5.97 Å². The zero-order valence-electron chi connectivity index (χ0n) is 11.9. The first-order chi connectivity index (χ1) is 8.92. The van der Waals surface area contributed by atoms with Crippen LogP contribution in [0.5, 0.6) is 0 Å². The maximum Gasteiger partial charge on any atom is 0.325 e. The van der Waals surface area contributed by atoms with E-state index in [1.165, 1.54) is 6.92 Å². The normalized spacial score (nSPS) is 11.7. The second-order valence-corrected chi connectivity index (χ2v) is 4.51. The van der Waals surface area contributed by atoms with Crippen LogP contribution in [0.2, 0.25) is 0 Å². The molecule has 0 rings (SSSR count). The Morgan fingerprint density at radius 2 is 1.63 bits per heavy atom. The summed E-state index contributed by atoms with van der Waals surface area (Å²) in [6.07, 6.45) is 1.92. The van der Waals surface area contributed by atoms with Crippen molar-refractivity contribution in [3.8, 4) is 0 Å². The van der Waals surface area contributed by atoms with Gasteiger partial charge in [-0.2, -0.15) is 0 Å². The van der Waals surface area contributed by atoms with E-state index in [4.69, 9.17) is 5.11 Å². The third kappa shape index (κ3) is 7.43. The summed E-state index contributed by atoms with van der Waals surface area (Å²) in [5.41, 5.74) is 0. The molecular weight excluding hydrogens is 248 g/mol. The van der Waals surface area contributed by atoms with Gasteiger partial charge in [0.15, 0.2) is 0 Å². The molecular formula is C13H24N2O4. The fourth-order valence-electron chi connectivity index (χ4n) is 1.66. The van der Waals surface area contributed by atoms with Gasteiger partial charge in [0.25, 0.3) is 0 Å². The van der Waals surface area contributed by atoms with Crippen molar-refractivity contribution in [3.63, 3.8) is 0 Å². The van der Waals surface area contributed by atoms with E-state index < -0.39 is 17.9 Å². The minimum atomic E-state index is -1.08. The Balaban J connectivity index is 4.12. The molecule has 0 saturated carbocycles. The van der Waals surface area contributed by atoms with Gasteiger partial charge in [-0.05, 0) is 19.8 Å². The van der Waals surface area contributed by atoms with Gasteiger partial charge in [0.2, 0.25) is 11.8 Å². The minimum Gasteiger partial charge on any atom is -0.480 e. The summed E-state index contributed by atoms with van der Waals surface area (Å²) >= 11 is 0. The maximum absolute atomic E-state index is 11.9. The molecule has 0 radical (unpaired) electrons. The topological polar surface area (TPSA) is 86.7 Å². The molecule has 2 amide bonds. The van der Waals surface area contributed by atoms with Crippen LogP contribution in [0, 0.1) is 0 Å². The van der Waals surface area contributed by atoms with Crippen LogP contribution in [0.1, 0.15) is 46.5 Å². The van der Waals surface area contributed by atoms with Crippen molar-refractivity contribution in [2.24, 2.45) is 0 Å². The molecule has 110 valence electrons. The lowest BCUT2D eigenvalue weighted by Gasteiger charge is -2.21. The lowest BCUT2D eigenvalue weighted by Crippen LogP contribution is -2.39. The zero-order valence-corrected chi connectivity index (χ0v) is 11.9. The van der Waals surface area contributed by atoms with Gasteiger partial charge in [0.1, 0.15) is 6.04 Å². The summed E-state index contributed by atoms with van der Waals surface area (Å²) in [7, 11) is 0. The summed E-state index contributed by atoms with van der Waals surface area (Å²) in [5.74, 6) is -1.55. The number of amides is 2. The molecule has 0 aliphatic rings. The number of rotatable bonds is 9. The molecule has 0 bridgehead atoms. The predicted molar refractivity (Wildman–Crippen MR) is 71.6 cm³/mol. The van der Waals surface area contributed by atoms with E-state index in [1.54, 1.807) is 4.90 Å². The van der Waals surface area contributed by atoms with Gasteiger partial charge in [-0.3, -0.25) is 14.4 Å². The third-order valence-corrected chi connectivity index (χ3v) is 2.65.